The summed E-state index contributed by atoms with van der Waals surface area (Å²) in [5.74, 6) is 1.21. The van der Waals surface area contributed by atoms with E-state index in [1.54, 1.807) is 0 Å². The van der Waals surface area contributed by atoms with Crippen molar-refractivity contribution in [3.05, 3.63) is 53.4 Å². The van der Waals surface area contributed by atoms with Gasteiger partial charge in [-0.3, -0.25) is 9.97 Å². The van der Waals surface area contributed by atoms with Crippen LogP contribution in [0.1, 0.15) is 48.1 Å². The molecule has 1 saturated heterocycles. The zero-order valence-corrected chi connectivity index (χ0v) is 16.0. The first-order valence-corrected chi connectivity index (χ1v) is 9.87. The van der Waals surface area contributed by atoms with Gasteiger partial charge >= 0.3 is 0 Å². The average Bonchev–Trinajstić information content (AvgIpc) is 3.24. The number of pyridine rings is 2. The van der Waals surface area contributed by atoms with Crippen molar-refractivity contribution in [2.45, 2.75) is 45.3 Å². The predicted molar refractivity (Wildman–Crippen MR) is 104 cm³/mol. The SMILES string of the molecule is Cc1ncc2c(c1-c1noc(C3CCCCO3)n1)CCN(c1ccncc1)C2. The fourth-order valence-electron chi connectivity index (χ4n) is 4.12. The molecule has 7 nitrogen and oxygen atoms in total. The van der Waals surface area contributed by atoms with Crippen LogP contribution in [0.5, 0.6) is 0 Å². The second-order valence-corrected chi connectivity index (χ2v) is 7.41. The second kappa shape index (κ2) is 7.31. The number of rotatable bonds is 3. The van der Waals surface area contributed by atoms with Crippen LogP contribution in [0.15, 0.2) is 35.2 Å². The van der Waals surface area contributed by atoms with Crippen molar-refractivity contribution in [1.29, 1.82) is 0 Å². The molecule has 7 heteroatoms. The molecular formula is C21H23N5O2. The Morgan fingerprint density at radius 2 is 2.07 bits per heavy atom. The van der Waals surface area contributed by atoms with Crippen LogP contribution >= 0.6 is 0 Å². The van der Waals surface area contributed by atoms with Crippen LogP contribution < -0.4 is 4.90 Å². The van der Waals surface area contributed by atoms with E-state index in [2.05, 4.69) is 25.0 Å². The summed E-state index contributed by atoms with van der Waals surface area (Å²) in [4.78, 5) is 15.8. The summed E-state index contributed by atoms with van der Waals surface area (Å²) in [7, 11) is 0. The molecule has 144 valence electrons. The number of hydrogen-bond donors (Lipinski definition) is 0. The van der Waals surface area contributed by atoms with Gasteiger partial charge in [0.15, 0.2) is 0 Å². The third-order valence-corrected chi connectivity index (χ3v) is 5.61. The highest BCUT2D eigenvalue weighted by molar-refractivity contribution is 5.66. The lowest BCUT2D eigenvalue weighted by molar-refractivity contribution is -0.00459. The van der Waals surface area contributed by atoms with Gasteiger partial charge in [-0.2, -0.15) is 4.98 Å². The van der Waals surface area contributed by atoms with Gasteiger partial charge in [0.2, 0.25) is 5.82 Å². The minimum atomic E-state index is -0.0787. The van der Waals surface area contributed by atoms with Gasteiger partial charge in [0.1, 0.15) is 6.10 Å². The number of hydrogen-bond acceptors (Lipinski definition) is 7. The van der Waals surface area contributed by atoms with Gasteiger partial charge in [0.25, 0.3) is 5.89 Å². The molecule has 3 aromatic heterocycles. The lowest BCUT2D eigenvalue weighted by atomic mass is 9.94. The fourth-order valence-corrected chi connectivity index (χ4v) is 4.12. The van der Waals surface area contributed by atoms with E-state index in [0.29, 0.717) is 11.7 Å². The van der Waals surface area contributed by atoms with Crippen molar-refractivity contribution in [3.8, 4) is 11.4 Å². The van der Waals surface area contributed by atoms with Crippen molar-refractivity contribution in [1.82, 2.24) is 20.1 Å². The Balaban J connectivity index is 1.46. The number of nitrogens with zero attached hydrogens (tertiary/aromatic N) is 5. The van der Waals surface area contributed by atoms with E-state index in [4.69, 9.17) is 9.26 Å². The van der Waals surface area contributed by atoms with Crippen molar-refractivity contribution < 1.29 is 9.26 Å². The van der Waals surface area contributed by atoms with E-state index < -0.39 is 0 Å². The Bertz CT molecular complexity index is 966. The number of anilines is 1. The van der Waals surface area contributed by atoms with Crippen LogP contribution in [0.3, 0.4) is 0 Å². The van der Waals surface area contributed by atoms with Gasteiger partial charge in [-0.25, -0.2) is 0 Å². The van der Waals surface area contributed by atoms with Gasteiger partial charge in [-0.05, 0) is 55.9 Å². The lowest BCUT2D eigenvalue weighted by Crippen LogP contribution is -2.31. The molecule has 0 N–H and O–H groups in total. The van der Waals surface area contributed by atoms with E-state index in [0.717, 1.165) is 56.6 Å². The summed E-state index contributed by atoms with van der Waals surface area (Å²) in [6.07, 6.45) is 9.65. The van der Waals surface area contributed by atoms with Gasteiger partial charge in [-0.1, -0.05) is 5.16 Å². The molecule has 0 spiro atoms. The largest absolute Gasteiger partial charge is 0.368 e. The maximum absolute atomic E-state index is 5.80. The first-order valence-electron chi connectivity index (χ1n) is 9.87. The van der Waals surface area contributed by atoms with Crippen molar-refractivity contribution in [2.24, 2.45) is 0 Å². The van der Waals surface area contributed by atoms with Gasteiger partial charge in [0, 0.05) is 55.2 Å². The summed E-state index contributed by atoms with van der Waals surface area (Å²) in [6.45, 7) is 4.52. The Labute approximate surface area is 163 Å². The maximum atomic E-state index is 5.80. The first kappa shape index (κ1) is 17.3. The highest BCUT2D eigenvalue weighted by atomic mass is 16.5. The lowest BCUT2D eigenvalue weighted by Gasteiger charge is -2.31. The molecule has 2 aliphatic rings. The van der Waals surface area contributed by atoms with Gasteiger partial charge < -0.3 is 14.2 Å². The molecule has 0 saturated carbocycles. The molecule has 2 aliphatic heterocycles. The maximum Gasteiger partial charge on any atom is 0.256 e. The van der Waals surface area contributed by atoms with Crippen LogP contribution in [-0.2, 0) is 17.7 Å². The summed E-state index contributed by atoms with van der Waals surface area (Å²) < 4.78 is 11.4. The molecule has 5 heterocycles. The number of fused-ring (bicyclic) bond motifs is 1. The molecule has 1 atom stereocenters. The molecule has 3 aromatic rings. The summed E-state index contributed by atoms with van der Waals surface area (Å²) in [5.41, 5.74) is 5.61. The van der Waals surface area contributed by atoms with Crippen molar-refractivity contribution >= 4 is 5.69 Å². The molecule has 0 amide bonds. The Morgan fingerprint density at radius 3 is 2.89 bits per heavy atom. The van der Waals surface area contributed by atoms with Gasteiger partial charge in [-0.15, -0.1) is 0 Å². The minimum Gasteiger partial charge on any atom is -0.368 e. The Kier molecular flexibility index (Phi) is 4.52. The Hall–Kier alpha value is -2.80. The van der Waals surface area contributed by atoms with Crippen LogP contribution in [-0.4, -0.2) is 33.3 Å². The fraction of sp³-hybridized carbons (Fsp3) is 0.429. The van der Waals surface area contributed by atoms with Crippen LogP contribution in [0.4, 0.5) is 5.69 Å². The third kappa shape index (κ3) is 3.16. The normalized spacial score (nSPS) is 19.5. The quantitative estimate of drug-likeness (QED) is 0.689. The highest BCUT2D eigenvalue weighted by Gasteiger charge is 2.27. The molecule has 0 aromatic carbocycles. The topological polar surface area (TPSA) is 77.2 Å². The Morgan fingerprint density at radius 1 is 1.18 bits per heavy atom. The monoisotopic (exact) mass is 377 g/mol. The molecule has 5 rings (SSSR count). The zero-order valence-electron chi connectivity index (χ0n) is 16.0. The molecule has 1 unspecified atom stereocenters. The summed E-state index contributed by atoms with van der Waals surface area (Å²) >= 11 is 0. The third-order valence-electron chi connectivity index (χ3n) is 5.61. The van der Waals surface area contributed by atoms with Crippen LogP contribution in [0.2, 0.25) is 0 Å². The number of aromatic nitrogens is 4. The molecule has 28 heavy (non-hydrogen) atoms. The van der Waals surface area contributed by atoms with Gasteiger partial charge in [0.05, 0.1) is 0 Å². The average molecular weight is 377 g/mol. The smallest absolute Gasteiger partial charge is 0.256 e. The van der Waals surface area contributed by atoms with Crippen LogP contribution in [0.25, 0.3) is 11.4 Å². The number of ether oxygens (including phenoxy) is 1. The van der Waals surface area contributed by atoms with Crippen molar-refractivity contribution in [3.63, 3.8) is 0 Å². The molecule has 0 radical (unpaired) electrons. The molecule has 0 aliphatic carbocycles. The van der Waals surface area contributed by atoms with Crippen molar-refractivity contribution in [2.75, 3.05) is 18.1 Å². The van der Waals surface area contributed by atoms with E-state index in [9.17, 15) is 0 Å². The van der Waals surface area contributed by atoms with E-state index in [-0.39, 0.29) is 6.10 Å². The highest BCUT2D eigenvalue weighted by Crippen LogP contribution is 2.34. The first-order chi connectivity index (χ1) is 13.8. The van der Waals surface area contributed by atoms with E-state index in [1.807, 2.05) is 37.6 Å². The summed E-state index contributed by atoms with van der Waals surface area (Å²) in [6, 6.07) is 4.09. The molecule has 1 fully saturated rings. The molecule has 0 bridgehead atoms. The zero-order chi connectivity index (χ0) is 18.9. The summed E-state index contributed by atoms with van der Waals surface area (Å²) in [5, 5.41) is 4.28. The predicted octanol–water partition coefficient (Wildman–Crippen LogP) is 3.64. The van der Waals surface area contributed by atoms with E-state index >= 15 is 0 Å². The van der Waals surface area contributed by atoms with E-state index in [1.165, 1.54) is 16.8 Å². The number of aryl methyl sites for hydroxylation is 1. The standard InChI is InChI=1S/C21H23N5O2/c1-14-19(20-24-21(28-25-20)18-4-2-3-11-27-18)17-7-10-26(13-15(17)12-23-14)16-5-8-22-9-6-16/h5-6,8-9,12,18H,2-4,7,10-11,13H2,1H3. The second-order valence-electron chi connectivity index (χ2n) is 7.41. The minimum absolute atomic E-state index is 0.0787. The van der Waals surface area contributed by atoms with Crippen LogP contribution in [0, 0.1) is 6.92 Å². The molecular weight excluding hydrogens is 354 g/mol.